The molecule has 3 aromatic rings. The molecule has 0 spiro atoms. The molecule has 1 aromatic carbocycles. The molecule has 0 N–H and O–H groups in total. The van der Waals surface area contributed by atoms with Gasteiger partial charge in [0.25, 0.3) is 5.91 Å². The van der Waals surface area contributed by atoms with Gasteiger partial charge in [-0.25, -0.2) is 4.98 Å². The number of hydrogen-bond acceptors (Lipinski definition) is 3. The maximum Gasteiger partial charge on any atom is 0.274 e. The lowest BCUT2D eigenvalue weighted by molar-refractivity contribution is -0.142. The highest BCUT2D eigenvalue weighted by atomic mass is 16.2. The third kappa shape index (κ3) is 3.04. The first-order valence-corrected chi connectivity index (χ1v) is 12.5. The molecule has 6 heteroatoms. The molecule has 2 saturated heterocycles. The molecule has 3 fully saturated rings. The van der Waals surface area contributed by atoms with Crippen molar-refractivity contribution in [2.24, 2.45) is 5.41 Å². The molecule has 2 bridgehead atoms. The minimum atomic E-state index is -0.0769. The number of likely N-dealkylation sites (tertiary alicyclic amines) is 2. The first kappa shape index (κ1) is 21.4. The molecule has 5 atom stereocenters. The minimum Gasteiger partial charge on any atom is -0.334 e. The Morgan fingerprint density at radius 2 is 1.76 bits per heavy atom. The maximum absolute atomic E-state index is 14.1. The number of carbonyl (C=O) groups excluding carboxylic acids is 2. The fourth-order valence-electron chi connectivity index (χ4n) is 7.31. The van der Waals surface area contributed by atoms with Crippen LogP contribution in [0, 0.1) is 12.3 Å². The first-order chi connectivity index (χ1) is 16.4. The Labute approximate surface area is 200 Å². The van der Waals surface area contributed by atoms with Crippen molar-refractivity contribution in [2.45, 2.75) is 77.0 Å². The summed E-state index contributed by atoms with van der Waals surface area (Å²) >= 11 is 0. The molecule has 2 aliphatic heterocycles. The molecule has 6 nitrogen and oxygen atoms in total. The van der Waals surface area contributed by atoms with Gasteiger partial charge >= 0.3 is 0 Å². The largest absolute Gasteiger partial charge is 0.334 e. The third-order valence-electron chi connectivity index (χ3n) is 8.76. The van der Waals surface area contributed by atoms with Gasteiger partial charge in [-0.05, 0) is 56.7 Å². The van der Waals surface area contributed by atoms with Crippen LogP contribution in [0.5, 0.6) is 0 Å². The molecule has 176 valence electrons. The van der Waals surface area contributed by atoms with Gasteiger partial charge in [-0.3, -0.25) is 9.59 Å². The smallest absolute Gasteiger partial charge is 0.274 e. The molecular formula is C28H32N4O2. The number of fused-ring (bicyclic) bond motifs is 2. The van der Waals surface area contributed by atoms with Crippen molar-refractivity contribution < 1.29 is 9.59 Å². The SMILES string of the molecule is CC(=O)N1[C@@H](Cc2ccccc2)[C@@H]2C[C@@]3(C)[C@H](CCC[C@@H]13)N2C(=O)c1cn2c(C)cccc2n1. The van der Waals surface area contributed by atoms with Gasteiger partial charge in [-0.2, -0.15) is 0 Å². The first-order valence-electron chi connectivity index (χ1n) is 12.5. The van der Waals surface area contributed by atoms with Gasteiger partial charge in [0.1, 0.15) is 11.3 Å². The van der Waals surface area contributed by atoms with Crippen LogP contribution in [-0.4, -0.2) is 55.2 Å². The number of hydrogen-bond donors (Lipinski definition) is 0. The van der Waals surface area contributed by atoms with Crippen LogP contribution in [0.25, 0.3) is 5.65 Å². The predicted molar refractivity (Wildman–Crippen MR) is 130 cm³/mol. The quantitative estimate of drug-likeness (QED) is 0.592. The zero-order valence-corrected chi connectivity index (χ0v) is 20.1. The second-order valence-corrected chi connectivity index (χ2v) is 10.7. The van der Waals surface area contributed by atoms with Crippen molar-refractivity contribution in [1.82, 2.24) is 19.2 Å². The standard InChI is InChI=1S/C28H32N4O2/c1-18-9-7-14-26-29-21(17-30(18)26)27(34)32-23-16-28(3)24(12-8-13-25(28)32)31(19(2)33)22(23)15-20-10-5-4-6-11-20/h4-7,9-11,14,17,22-25H,8,12-13,15-16H2,1-3H3/t22-,23-,24+,25-,28+/m0/s1. The van der Waals surface area contributed by atoms with Crippen molar-refractivity contribution in [2.75, 3.05) is 0 Å². The van der Waals surface area contributed by atoms with Crippen LogP contribution >= 0.6 is 0 Å². The van der Waals surface area contributed by atoms with E-state index in [4.69, 9.17) is 4.98 Å². The Morgan fingerprint density at radius 1 is 1.03 bits per heavy atom. The summed E-state index contributed by atoms with van der Waals surface area (Å²) in [6.07, 6.45) is 6.63. The van der Waals surface area contributed by atoms with E-state index in [2.05, 4.69) is 41.0 Å². The Hall–Kier alpha value is -3.15. The lowest BCUT2D eigenvalue weighted by atomic mass is 9.64. The molecule has 1 saturated carbocycles. The molecule has 2 aromatic heterocycles. The van der Waals surface area contributed by atoms with Crippen molar-refractivity contribution in [1.29, 1.82) is 0 Å². The van der Waals surface area contributed by atoms with Gasteiger partial charge in [0.05, 0.1) is 12.1 Å². The Kier molecular flexibility index (Phi) is 4.84. The fraction of sp³-hybridized carbons (Fsp3) is 0.464. The van der Waals surface area contributed by atoms with Crippen molar-refractivity contribution in [3.8, 4) is 0 Å². The number of pyridine rings is 1. The highest BCUT2D eigenvalue weighted by Crippen LogP contribution is 2.56. The Morgan fingerprint density at radius 3 is 2.47 bits per heavy atom. The van der Waals surface area contributed by atoms with Crippen LogP contribution < -0.4 is 0 Å². The summed E-state index contributed by atoms with van der Waals surface area (Å²) in [5.41, 5.74) is 3.48. The van der Waals surface area contributed by atoms with Crippen LogP contribution in [0.3, 0.4) is 0 Å². The monoisotopic (exact) mass is 456 g/mol. The normalized spacial score (nSPS) is 30.1. The molecule has 0 unspecified atom stereocenters. The molecule has 6 rings (SSSR count). The van der Waals surface area contributed by atoms with E-state index >= 15 is 0 Å². The number of benzene rings is 1. The van der Waals surface area contributed by atoms with Crippen LogP contribution in [0.4, 0.5) is 0 Å². The third-order valence-corrected chi connectivity index (χ3v) is 8.76. The number of carbonyl (C=O) groups is 2. The molecule has 1 aliphatic carbocycles. The average Bonchev–Trinajstić information content (AvgIpc) is 3.39. The van der Waals surface area contributed by atoms with E-state index in [-0.39, 0.29) is 41.4 Å². The predicted octanol–water partition coefficient (Wildman–Crippen LogP) is 4.26. The number of amides is 2. The van der Waals surface area contributed by atoms with Gasteiger partial charge in [-0.1, -0.05) is 43.3 Å². The fourth-order valence-corrected chi connectivity index (χ4v) is 7.31. The topological polar surface area (TPSA) is 57.9 Å². The van der Waals surface area contributed by atoms with Crippen LogP contribution in [-0.2, 0) is 11.2 Å². The average molecular weight is 457 g/mol. The second-order valence-electron chi connectivity index (χ2n) is 10.7. The highest BCUT2D eigenvalue weighted by molar-refractivity contribution is 5.94. The number of imidazole rings is 1. The number of aromatic nitrogens is 2. The number of rotatable bonds is 3. The molecule has 0 radical (unpaired) electrons. The molecule has 34 heavy (non-hydrogen) atoms. The van der Waals surface area contributed by atoms with Gasteiger partial charge in [0.15, 0.2) is 0 Å². The van der Waals surface area contributed by atoms with Crippen LogP contribution in [0.2, 0.25) is 0 Å². The summed E-state index contributed by atoms with van der Waals surface area (Å²) in [6.45, 7) is 6.04. The van der Waals surface area contributed by atoms with E-state index < -0.39 is 0 Å². The van der Waals surface area contributed by atoms with E-state index in [1.807, 2.05) is 41.8 Å². The summed E-state index contributed by atoms with van der Waals surface area (Å²) in [6, 6.07) is 16.6. The van der Waals surface area contributed by atoms with Crippen LogP contribution in [0.1, 0.15) is 61.3 Å². The molecule has 2 amide bonds. The lowest BCUT2D eigenvalue weighted by Gasteiger charge is -2.52. The Bertz CT molecular complexity index is 1270. The van der Waals surface area contributed by atoms with Gasteiger partial charge in [-0.15, -0.1) is 0 Å². The van der Waals surface area contributed by atoms with E-state index in [0.29, 0.717) is 5.69 Å². The highest BCUT2D eigenvalue weighted by Gasteiger charge is 2.64. The van der Waals surface area contributed by atoms with E-state index in [0.717, 1.165) is 43.4 Å². The van der Waals surface area contributed by atoms with Crippen LogP contribution in [0.15, 0.2) is 54.7 Å². The summed E-state index contributed by atoms with van der Waals surface area (Å²) in [4.78, 5) is 36.2. The molecule has 4 heterocycles. The van der Waals surface area contributed by atoms with Gasteiger partial charge < -0.3 is 14.2 Å². The number of aryl methyl sites for hydroxylation is 1. The second kappa shape index (κ2) is 7.69. The van der Waals surface area contributed by atoms with E-state index in [1.54, 1.807) is 6.92 Å². The summed E-state index contributed by atoms with van der Waals surface area (Å²) in [7, 11) is 0. The van der Waals surface area contributed by atoms with E-state index in [1.165, 1.54) is 5.56 Å². The van der Waals surface area contributed by atoms with E-state index in [9.17, 15) is 9.59 Å². The maximum atomic E-state index is 14.1. The van der Waals surface area contributed by atoms with Gasteiger partial charge in [0.2, 0.25) is 5.91 Å². The zero-order valence-electron chi connectivity index (χ0n) is 20.1. The van der Waals surface area contributed by atoms with Crippen molar-refractivity contribution in [3.63, 3.8) is 0 Å². The zero-order chi connectivity index (χ0) is 23.6. The van der Waals surface area contributed by atoms with Crippen molar-refractivity contribution in [3.05, 3.63) is 71.7 Å². The number of nitrogens with zero attached hydrogens (tertiary/aromatic N) is 4. The summed E-state index contributed by atoms with van der Waals surface area (Å²) in [5.74, 6) is 0.131. The van der Waals surface area contributed by atoms with Gasteiger partial charge in [0, 0.05) is 36.3 Å². The Balaban J connectivity index is 1.45. The minimum absolute atomic E-state index is 0.00550. The summed E-state index contributed by atoms with van der Waals surface area (Å²) in [5, 5.41) is 0. The summed E-state index contributed by atoms with van der Waals surface area (Å²) < 4.78 is 1.99. The number of piperidine rings is 1. The molecular weight excluding hydrogens is 424 g/mol. The molecule has 3 aliphatic rings. The lowest BCUT2D eigenvalue weighted by Crippen LogP contribution is -2.62. The van der Waals surface area contributed by atoms with Crippen molar-refractivity contribution >= 4 is 17.5 Å².